The number of hydrogen-bond donors (Lipinski definition) is 2. The van der Waals surface area contributed by atoms with Crippen molar-refractivity contribution in [2.24, 2.45) is 11.8 Å². The molecule has 4 aromatic carbocycles. The van der Waals surface area contributed by atoms with Gasteiger partial charge in [0, 0.05) is 53.6 Å². The van der Waals surface area contributed by atoms with Gasteiger partial charge in [-0.3, -0.25) is 15.1 Å². The molecule has 1 aliphatic rings. The van der Waals surface area contributed by atoms with Crippen LogP contribution in [0.1, 0.15) is 61.1 Å². The minimum absolute atomic E-state index is 0.107. The Bertz CT molecular complexity index is 2610. The Labute approximate surface area is 341 Å². The maximum atomic E-state index is 16.3. The van der Waals surface area contributed by atoms with Crippen molar-refractivity contribution in [1.29, 1.82) is 5.26 Å². The lowest BCUT2D eigenvalue weighted by atomic mass is 9.77. The number of ether oxygens (including phenoxy) is 1. The summed E-state index contributed by atoms with van der Waals surface area (Å²) in [5, 5.41) is 16.2. The summed E-state index contributed by atoms with van der Waals surface area (Å²) in [5.74, 6) is -1.91. The Balaban J connectivity index is 1.14. The smallest absolute Gasteiger partial charge is 0.412 e. The molecule has 0 bridgehead atoms. The standard InChI is InChI=1S/C48H42FN7O3/c1-30-21-23-51-26-37(30)36-24-31-25-40(52-27-38(31)44(43(36)49)55-46(58)59-47(2,3)4)54-45(57)42-35(20-22-50)41(42)39-28-56(29-53-39)48(32-14-8-5-9-15-32,33-16-10-6-11-17-33)34-18-12-7-13-19-34/h5-19,21,23-29,35,41-42H,20H2,1-4H3,(H,55,58)(H,52,54,57). The molecule has 3 aromatic heterocycles. The van der Waals surface area contributed by atoms with Gasteiger partial charge in [0.15, 0.2) is 5.82 Å². The van der Waals surface area contributed by atoms with Gasteiger partial charge in [-0.05, 0) is 79.5 Å². The first kappa shape index (κ1) is 38.7. The molecule has 1 saturated carbocycles. The first-order valence-electron chi connectivity index (χ1n) is 19.4. The van der Waals surface area contributed by atoms with E-state index >= 15 is 4.39 Å². The Morgan fingerprint density at radius 1 is 0.847 bits per heavy atom. The van der Waals surface area contributed by atoms with Gasteiger partial charge in [-0.15, -0.1) is 0 Å². The predicted octanol–water partition coefficient (Wildman–Crippen LogP) is 10.0. The average molecular weight is 784 g/mol. The molecule has 11 heteroatoms. The van der Waals surface area contributed by atoms with E-state index in [1.807, 2.05) is 74.0 Å². The summed E-state index contributed by atoms with van der Waals surface area (Å²) in [6.45, 7) is 7.00. The normalized spacial score (nSPS) is 16.2. The number of rotatable bonds is 10. The number of fused-ring (bicyclic) bond motifs is 1. The SMILES string of the molecule is Cc1ccncc1-c1cc2cc(NC(=O)C3C(CC#N)C3c3cn(C(c4ccccc4)(c4ccccc4)c4ccccc4)cn3)ncc2c(NC(=O)OC(C)(C)C)c1F. The van der Waals surface area contributed by atoms with Crippen LogP contribution in [-0.2, 0) is 15.1 Å². The minimum Gasteiger partial charge on any atom is -0.444 e. The third-order valence-electron chi connectivity index (χ3n) is 10.9. The Morgan fingerprint density at radius 3 is 2.05 bits per heavy atom. The summed E-state index contributed by atoms with van der Waals surface area (Å²) in [6.07, 6.45) is 7.75. The van der Waals surface area contributed by atoms with Gasteiger partial charge in [-0.1, -0.05) is 91.0 Å². The number of carbonyl (C=O) groups excluding carboxylic acids is 2. The molecule has 2 amide bonds. The molecule has 1 fully saturated rings. The number of aryl methyl sites for hydroxylation is 1. The number of nitrogens with one attached hydrogen (secondary N) is 2. The van der Waals surface area contributed by atoms with Crippen LogP contribution in [0.2, 0.25) is 0 Å². The number of halogens is 1. The van der Waals surface area contributed by atoms with Gasteiger partial charge < -0.3 is 14.6 Å². The van der Waals surface area contributed by atoms with E-state index in [1.54, 1.807) is 51.4 Å². The summed E-state index contributed by atoms with van der Waals surface area (Å²) in [7, 11) is 0. The molecule has 3 unspecified atom stereocenters. The molecular weight excluding hydrogens is 742 g/mol. The van der Waals surface area contributed by atoms with Crippen LogP contribution < -0.4 is 10.6 Å². The van der Waals surface area contributed by atoms with Crippen LogP contribution in [0.5, 0.6) is 0 Å². The lowest BCUT2D eigenvalue weighted by molar-refractivity contribution is -0.117. The first-order valence-corrected chi connectivity index (χ1v) is 19.4. The summed E-state index contributed by atoms with van der Waals surface area (Å²) in [4.78, 5) is 40.7. The first-order chi connectivity index (χ1) is 28.5. The van der Waals surface area contributed by atoms with Crippen molar-refractivity contribution in [1.82, 2.24) is 19.5 Å². The van der Waals surface area contributed by atoms with E-state index in [2.05, 4.69) is 67.6 Å². The fourth-order valence-electron chi connectivity index (χ4n) is 8.19. The fraction of sp³-hybridized carbons (Fsp3) is 0.208. The highest BCUT2D eigenvalue weighted by molar-refractivity contribution is 6.05. The third-order valence-corrected chi connectivity index (χ3v) is 10.9. The van der Waals surface area contributed by atoms with Crippen molar-refractivity contribution in [3.05, 3.63) is 174 Å². The topological polar surface area (TPSA) is 135 Å². The van der Waals surface area contributed by atoms with Gasteiger partial charge in [-0.2, -0.15) is 5.26 Å². The van der Waals surface area contributed by atoms with Crippen LogP contribution in [0.25, 0.3) is 21.9 Å². The van der Waals surface area contributed by atoms with Crippen molar-refractivity contribution in [3.8, 4) is 17.2 Å². The zero-order valence-corrected chi connectivity index (χ0v) is 33.1. The van der Waals surface area contributed by atoms with Crippen molar-refractivity contribution in [2.45, 2.75) is 51.2 Å². The summed E-state index contributed by atoms with van der Waals surface area (Å²) >= 11 is 0. The number of amides is 2. The monoisotopic (exact) mass is 783 g/mol. The highest BCUT2D eigenvalue weighted by Gasteiger charge is 2.56. The largest absolute Gasteiger partial charge is 0.444 e. The fourth-order valence-corrected chi connectivity index (χ4v) is 8.19. The molecule has 0 radical (unpaired) electrons. The molecule has 294 valence electrons. The van der Waals surface area contributed by atoms with Crippen LogP contribution in [0.3, 0.4) is 0 Å². The van der Waals surface area contributed by atoms with Gasteiger partial charge >= 0.3 is 6.09 Å². The summed E-state index contributed by atoms with van der Waals surface area (Å²) < 4.78 is 23.9. The zero-order valence-electron chi connectivity index (χ0n) is 33.1. The number of anilines is 2. The molecule has 8 rings (SSSR count). The second-order valence-corrected chi connectivity index (χ2v) is 15.8. The van der Waals surface area contributed by atoms with E-state index in [9.17, 15) is 14.9 Å². The van der Waals surface area contributed by atoms with Crippen LogP contribution in [0, 0.1) is 35.9 Å². The van der Waals surface area contributed by atoms with E-state index in [1.165, 1.54) is 6.20 Å². The lowest BCUT2D eigenvalue weighted by Gasteiger charge is -2.37. The number of pyridine rings is 2. The lowest BCUT2D eigenvalue weighted by Crippen LogP contribution is -2.36. The maximum Gasteiger partial charge on any atom is 0.412 e. The van der Waals surface area contributed by atoms with Crippen molar-refractivity contribution < 1.29 is 18.7 Å². The molecule has 0 spiro atoms. The van der Waals surface area contributed by atoms with E-state index in [0.29, 0.717) is 22.0 Å². The van der Waals surface area contributed by atoms with Crippen molar-refractivity contribution >= 4 is 34.3 Å². The van der Waals surface area contributed by atoms with Crippen LogP contribution in [-0.4, -0.2) is 37.1 Å². The molecule has 7 aromatic rings. The molecule has 59 heavy (non-hydrogen) atoms. The second-order valence-electron chi connectivity index (χ2n) is 15.8. The van der Waals surface area contributed by atoms with Crippen LogP contribution in [0.15, 0.2) is 140 Å². The van der Waals surface area contributed by atoms with E-state index in [-0.39, 0.29) is 41.2 Å². The van der Waals surface area contributed by atoms with Crippen molar-refractivity contribution in [2.75, 3.05) is 10.6 Å². The molecule has 1 aliphatic carbocycles. The molecular formula is C48H42FN7O3. The Morgan fingerprint density at radius 2 is 1.47 bits per heavy atom. The van der Waals surface area contributed by atoms with Gasteiger partial charge in [-0.25, -0.2) is 19.2 Å². The molecule has 0 aliphatic heterocycles. The van der Waals surface area contributed by atoms with Gasteiger partial charge in [0.1, 0.15) is 17.0 Å². The molecule has 10 nitrogen and oxygen atoms in total. The van der Waals surface area contributed by atoms with Gasteiger partial charge in [0.05, 0.1) is 29.7 Å². The van der Waals surface area contributed by atoms with E-state index < -0.39 is 29.0 Å². The number of nitriles is 1. The average Bonchev–Trinajstić information content (AvgIpc) is 3.73. The second kappa shape index (κ2) is 15.6. The van der Waals surface area contributed by atoms with E-state index in [4.69, 9.17) is 9.72 Å². The minimum atomic E-state index is -0.825. The van der Waals surface area contributed by atoms with Crippen LogP contribution in [0.4, 0.5) is 20.7 Å². The third kappa shape index (κ3) is 7.41. The molecule has 2 N–H and O–H groups in total. The number of carbonyl (C=O) groups is 2. The number of imidazole rings is 1. The predicted molar refractivity (Wildman–Crippen MR) is 225 cm³/mol. The maximum absolute atomic E-state index is 16.3. The van der Waals surface area contributed by atoms with E-state index in [0.717, 1.165) is 22.3 Å². The van der Waals surface area contributed by atoms with Crippen LogP contribution >= 0.6 is 0 Å². The van der Waals surface area contributed by atoms with Crippen molar-refractivity contribution in [3.63, 3.8) is 0 Å². The number of nitrogens with zero attached hydrogens (tertiary/aromatic N) is 5. The summed E-state index contributed by atoms with van der Waals surface area (Å²) in [6, 6.07) is 38.1. The summed E-state index contributed by atoms with van der Waals surface area (Å²) in [5.41, 5.74) is 3.63. The van der Waals surface area contributed by atoms with Gasteiger partial charge in [0.25, 0.3) is 0 Å². The molecule has 0 saturated heterocycles. The molecule has 3 atom stereocenters. The Hall–Kier alpha value is -7.19. The highest BCUT2D eigenvalue weighted by atomic mass is 19.1. The quantitative estimate of drug-likeness (QED) is 0.132. The zero-order chi connectivity index (χ0) is 41.3. The number of benzene rings is 4. The number of aromatic nitrogens is 4. The van der Waals surface area contributed by atoms with Gasteiger partial charge in [0.2, 0.25) is 5.91 Å². The molecule has 3 heterocycles. The highest BCUT2D eigenvalue weighted by Crippen LogP contribution is 2.56. The Kier molecular flexibility index (Phi) is 10.2. The number of hydrogen-bond acceptors (Lipinski definition) is 7.